The number of nitrogens with two attached hydrogens (primary N) is 1. The van der Waals surface area contributed by atoms with Gasteiger partial charge in [0.25, 0.3) is 11.8 Å². The number of benzene rings is 1. The molecule has 134 valence electrons. The number of primary amides is 1. The number of pyridine rings is 1. The van der Waals surface area contributed by atoms with Gasteiger partial charge in [-0.2, -0.15) is 0 Å². The van der Waals surface area contributed by atoms with Crippen molar-refractivity contribution in [2.45, 2.75) is 30.9 Å². The summed E-state index contributed by atoms with van der Waals surface area (Å²) in [5.74, 6) is -1.34. The minimum Gasteiger partial charge on any atom is -0.364 e. The molecule has 1 aliphatic rings. The first kappa shape index (κ1) is 18.3. The number of amides is 2. The van der Waals surface area contributed by atoms with E-state index in [2.05, 4.69) is 9.98 Å². The Hall–Kier alpha value is -2.54. The van der Waals surface area contributed by atoms with E-state index in [0.717, 1.165) is 0 Å². The number of nitrogens with zero attached hydrogens (tertiary/aromatic N) is 2. The molecule has 7 heteroatoms. The molecule has 0 radical (unpaired) electrons. The summed E-state index contributed by atoms with van der Waals surface area (Å²) in [4.78, 5) is 32.0. The Morgan fingerprint density at radius 3 is 2.77 bits per heavy atom. The van der Waals surface area contributed by atoms with Crippen molar-refractivity contribution in [3.8, 4) is 0 Å². The molecule has 0 saturated carbocycles. The second-order valence-corrected chi connectivity index (χ2v) is 7.86. The van der Waals surface area contributed by atoms with Gasteiger partial charge in [0.2, 0.25) is 0 Å². The summed E-state index contributed by atoms with van der Waals surface area (Å²) >= 11 is 1.32. The number of carbonyl (C=O) groups excluding carboxylic acids is 2. The number of carbonyl (C=O) groups is 2. The van der Waals surface area contributed by atoms with Crippen LogP contribution in [0.2, 0.25) is 0 Å². The maximum absolute atomic E-state index is 14.0. The number of hydrogen-bond donors (Lipinski definition) is 1. The number of aliphatic imine (C=N–C) groups is 1. The highest BCUT2D eigenvalue weighted by Crippen LogP contribution is 2.45. The molecule has 0 fully saturated rings. The van der Waals surface area contributed by atoms with E-state index in [1.54, 1.807) is 31.2 Å². The number of thioether (sulfide) groups is 1. The zero-order valence-electron chi connectivity index (χ0n) is 14.4. The van der Waals surface area contributed by atoms with Gasteiger partial charge in [0.05, 0.1) is 5.04 Å². The average molecular weight is 371 g/mol. The van der Waals surface area contributed by atoms with Gasteiger partial charge in [-0.05, 0) is 42.2 Å². The van der Waals surface area contributed by atoms with E-state index >= 15 is 0 Å². The maximum atomic E-state index is 14.0. The second-order valence-electron chi connectivity index (χ2n) is 6.37. The van der Waals surface area contributed by atoms with E-state index in [0.29, 0.717) is 22.6 Å². The summed E-state index contributed by atoms with van der Waals surface area (Å²) in [5, 5.41) is 0.644. The predicted octanol–water partition coefficient (Wildman–Crippen LogP) is 3.40. The highest BCUT2D eigenvalue weighted by molar-refractivity contribution is 8.15. The second kappa shape index (κ2) is 6.99. The quantitative estimate of drug-likeness (QED) is 0.873. The summed E-state index contributed by atoms with van der Waals surface area (Å²) in [6.07, 6.45) is 1.91. The largest absolute Gasteiger partial charge is 0.364 e. The molecule has 5 nitrogen and oxygen atoms in total. The van der Waals surface area contributed by atoms with Crippen LogP contribution in [-0.4, -0.2) is 21.8 Å². The Kier molecular flexibility index (Phi) is 4.91. The summed E-state index contributed by atoms with van der Waals surface area (Å²) in [5.41, 5.74) is 6.59. The van der Waals surface area contributed by atoms with Gasteiger partial charge in [0.1, 0.15) is 16.3 Å². The molecule has 1 aromatic heterocycles. The standard InChI is InChI=1S/C19H18FN3O2S/c1-11(13-5-3-4-6-14(13)20)9-16-23-18(25)19(2,26-16)12-7-8-22-15(10-12)17(21)24/h3-8,10-11H,9H2,1-2H3,(H2,21,24)/t11-,19?/m1/s1. The SMILES string of the molecule is C[C@H](CC1=NC(=O)C(C)(c2ccnc(C(N)=O)c2)S1)c1ccccc1F. The van der Waals surface area contributed by atoms with E-state index in [9.17, 15) is 14.0 Å². The molecule has 2 heterocycles. The van der Waals surface area contributed by atoms with Crippen molar-refractivity contribution in [3.63, 3.8) is 0 Å². The smallest absolute Gasteiger partial charge is 0.267 e. The summed E-state index contributed by atoms with van der Waals surface area (Å²) < 4.78 is 13.0. The van der Waals surface area contributed by atoms with Crippen molar-refractivity contribution in [2.75, 3.05) is 0 Å². The van der Waals surface area contributed by atoms with E-state index in [-0.39, 0.29) is 23.3 Å². The fourth-order valence-electron chi connectivity index (χ4n) is 2.90. The first-order valence-electron chi connectivity index (χ1n) is 8.13. The first-order chi connectivity index (χ1) is 12.3. The van der Waals surface area contributed by atoms with Gasteiger partial charge in [-0.15, -0.1) is 0 Å². The molecular formula is C19H18FN3O2S. The Balaban J connectivity index is 1.81. The molecule has 1 unspecified atom stereocenters. The summed E-state index contributed by atoms with van der Waals surface area (Å²) in [6.45, 7) is 3.66. The van der Waals surface area contributed by atoms with Crippen LogP contribution in [0.1, 0.15) is 47.8 Å². The average Bonchev–Trinajstić information content (AvgIpc) is 2.90. The van der Waals surface area contributed by atoms with Gasteiger partial charge in [-0.25, -0.2) is 9.38 Å². The summed E-state index contributed by atoms with van der Waals surface area (Å²) in [7, 11) is 0. The predicted molar refractivity (Wildman–Crippen MR) is 99.6 cm³/mol. The van der Waals surface area contributed by atoms with Crippen molar-refractivity contribution in [2.24, 2.45) is 10.7 Å². The minimum absolute atomic E-state index is 0.102. The van der Waals surface area contributed by atoms with Crippen LogP contribution in [0.3, 0.4) is 0 Å². The molecule has 2 N–H and O–H groups in total. The van der Waals surface area contributed by atoms with Crippen molar-refractivity contribution in [1.29, 1.82) is 0 Å². The van der Waals surface area contributed by atoms with Crippen LogP contribution >= 0.6 is 11.8 Å². The van der Waals surface area contributed by atoms with Crippen LogP contribution in [-0.2, 0) is 9.54 Å². The van der Waals surface area contributed by atoms with Crippen LogP contribution < -0.4 is 5.73 Å². The molecule has 0 spiro atoms. The van der Waals surface area contributed by atoms with Crippen LogP contribution in [0, 0.1) is 5.82 Å². The van der Waals surface area contributed by atoms with Crippen LogP contribution in [0.5, 0.6) is 0 Å². The van der Waals surface area contributed by atoms with Crippen molar-refractivity contribution in [3.05, 3.63) is 65.2 Å². The van der Waals surface area contributed by atoms with E-state index in [1.807, 2.05) is 6.92 Å². The van der Waals surface area contributed by atoms with Crippen molar-refractivity contribution < 1.29 is 14.0 Å². The third-order valence-electron chi connectivity index (χ3n) is 4.44. The van der Waals surface area contributed by atoms with Gasteiger partial charge >= 0.3 is 0 Å². The van der Waals surface area contributed by atoms with Gasteiger partial charge in [-0.1, -0.05) is 36.9 Å². The number of aromatic nitrogens is 1. The minimum atomic E-state index is -0.947. The molecule has 26 heavy (non-hydrogen) atoms. The molecule has 2 atom stereocenters. The van der Waals surface area contributed by atoms with Crippen molar-refractivity contribution in [1.82, 2.24) is 4.98 Å². The lowest BCUT2D eigenvalue weighted by molar-refractivity contribution is -0.119. The lowest BCUT2D eigenvalue weighted by Gasteiger charge is -2.21. The van der Waals surface area contributed by atoms with Crippen LogP contribution in [0.15, 0.2) is 47.6 Å². The normalized spacial score (nSPS) is 20.7. The highest BCUT2D eigenvalue weighted by atomic mass is 32.2. The Morgan fingerprint density at radius 2 is 2.08 bits per heavy atom. The molecule has 0 bridgehead atoms. The molecule has 1 aromatic carbocycles. The van der Waals surface area contributed by atoms with Gasteiger partial charge in [-0.3, -0.25) is 14.6 Å². The number of halogens is 1. The molecule has 0 saturated heterocycles. The fourth-order valence-corrected chi connectivity index (χ4v) is 4.21. The van der Waals surface area contributed by atoms with Gasteiger partial charge in [0, 0.05) is 12.6 Å². The topological polar surface area (TPSA) is 85.4 Å². The highest BCUT2D eigenvalue weighted by Gasteiger charge is 2.43. The molecular weight excluding hydrogens is 353 g/mol. The van der Waals surface area contributed by atoms with E-state index in [4.69, 9.17) is 5.73 Å². The Morgan fingerprint density at radius 1 is 1.35 bits per heavy atom. The van der Waals surface area contributed by atoms with E-state index in [1.165, 1.54) is 30.1 Å². The Labute approximate surface area is 154 Å². The molecule has 2 amide bonds. The maximum Gasteiger partial charge on any atom is 0.267 e. The van der Waals surface area contributed by atoms with Crippen LogP contribution in [0.4, 0.5) is 4.39 Å². The first-order valence-corrected chi connectivity index (χ1v) is 8.94. The third-order valence-corrected chi connectivity index (χ3v) is 5.75. The molecule has 1 aliphatic heterocycles. The third kappa shape index (κ3) is 3.39. The number of hydrogen-bond acceptors (Lipinski definition) is 4. The van der Waals surface area contributed by atoms with Gasteiger partial charge in [0.15, 0.2) is 0 Å². The zero-order chi connectivity index (χ0) is 18.9. The van der Waals surface area contributed by atoms with Crippen LogP contribution in [0.25, 0.3) is 0 Å². The molecule has 0 aliphatic carbocycles. The number of rotatable bonds is 5. The zero-order valence-corrected chi connectivity index (χ0v) is 15.2. The Bertz CT molecular complexity index is 915. The molecule has 3 rings (SSSR count). The lowest BCUT2D eigenvalue weighted by Crippen LogP contribution is -2.25. The van der Waals surface area contributed by atoms with Crippen molar-refractivity contribution >= 4 is 28.6 Å². The molecule has 2 aromatic rings. The van der Waals surface area contributed by atoms with E-state index < -0.39 is 10.7 Å². The van der Waals surface area contributed by atoms with Gasteiger partial charge < -0.3 is 5.73 Å². The fraction of sp³-hybridized carbons (Fsp3) is 0.263. The monoisotopic (exact) mass is 371 g/mol. The summed E-state index contributed by atoms with van der Waals surface area (Å²) in [6, 6.07) is 9.79. The lowest BCUT2D eigenvalue weighted by atomic mass is 9.97.